The van der Waals surface area contributed by atoms with Crippen LogP contribution in [0.15, 0.2) is 20.5 Å². The van der Waals surface area contributed by atoms with Crippen molar-refractivity contribution in [2.45, 2.75) is 110 Å². The monoisotopic (exact) mass is 439 g/mol. The van der Waals surface area contributed by atoms with Crippen molar-refractivity contribution >= 4 is 17.7 Å². The summed E-state index contributed by atoms with van der Waals surface area (Å²) in [6.45, 7) is 20.2. The third-order valence-electron chi connectivity index (χ3n) is 3.74. The SMILES string of the molecule is CC(C)CC(C)(N=NC(C)(C)C)SCCOC(=O)CCC(C)(C#N)N=NC(C)(C)C. The van der Waals surface area contributed by atoms with Crippen LogP contribution in [0.4, 0.5) is 0 Å². The Kier molecular flexibility index (Phi) is 11.2. The minimum Gasteiger partial charge on any atom is -0.465 e. The molecule has 0 aromatic heterocycles. The lowest BCUT2D eigenvalue weighted by Gasteiger charge is -2.26. The minimum absolute atomic E-state index is 0.130. The lowest BCUT2D eigenvalue weighted by Crippen LogP contribution is -2.24. The van der Waals surface area contributed by atoms with Crippen LogP contribution in [-0.2, 0) is 9.53 Å². The largest absolute Gasteiger partial charge is 0.465 e. The molecule has 2 atom stereocenters. The summed E-state index contributed by atoms with van der Waals surface area (Å²) in [5.41, 5.74) is -1.60. The maximum absolute atomic E-state index is 12.1. The summed E-state index contributed by atoms with van der Waals surface area (Å²) < 4.78 is 5.36. The Bertz CT molecular complexity index is 643. The Labute approximate surface area is 187 Å². The van der Waals surface area contributed by atoms with Gasteiger partial charge >= 0.3 is 5.97 Å². The smallest absolute Gasteiger partial charge is 0.305 e. The fourth-order valence-electron chi connectivity index (χ4n) is 2.37. The molecule has 0 bridgehead atoms. The first-order chi connectivity index (χ1) is 13.5. The van der Waals surface area contributed by atoms with Crippen molar-refractivity contribution in [3.63, 3.8) is 0 Å². The molecule has 0 heterocycles. The van der Waals surface area contributed by atoms with Gasteiger partial charge in [0.2, 0.25) is 0 Å². The van der Waals surface area contributed by atoms with Gasteiger partial charge in [0.25, 0.3) is 0 Å². The average molecular weight is 440 g/mol. The Morgan fingerprint density at radius 1 is 0.967 bits per heavy atom. The number of nitrogens with zero attached hydrogens (tertiary/aromatic N) is 5. The zero-order valence-corrected chi connectivity index (χ0v) is 21.4. The van der Waals surface area contributed by atoms with E-state index in [1.165, 1.54) is 0 Å². The standard InChI is InChI=1S/C22H41N5O2S/c1-17(2)15-22(10,27-25-20(6,7)8)30-14-13-29-18(28)11-12-21(9,16-23)26-24-19(3,4)5/h17H,11-15H2,1-10H3. The summed E-state index contributed by atoms with van der Waals surface area (Å²) in [7, 11) is 0. The van der Waals surface area contributed by atoms with Gasteiger partial charge < -0.3 is 4.74 Å². The highest BCUT2D eigenvalue weighted by Crippen LogP contribution is 2.34. The van der Waals surface area contributed by atoms with Gasteiger partial charge in [0.1, 0.15) is 11.5 Å². The molecule has 0 amide bonds. The summed E-state index contributed by atoms with van der Waals surface area (Å²) in [6.07, 6.45) is 1.30. The molecule has 0 aromatic rings. The molecule has 0 aliphatic heterocycles. The summed E-state index contributed by atoms with van der Waals surface area (Å²) in [5, 5.41) is 26.7. The molecule has 0 fully saturated rings. The van der Waals surface area contributed by atoms with Crippen LogP contribution in [0.5, 0.6) is 0 Å². The lowest BCUT2D eigenvalue weighted by molar-refractivity contribution is -0.143. The highest BCUT2D eigenvalue weighted by atomic mass is 32.2. The molecule has 0 aliphatic carbocycles. The van der Waals surface area contributed by atoms with Crippen molar-refractivity contribution in [1.29, 1.82) is 5.26 Å². The van der Waals surface area contributed by atoms with Crippen molar-refractivity contribution in [2.75, 3.05) is 12.4 Å². The number of carbonyl (C=O) groups is 1. The van der Waals surface area contributed by atoms with E-state index in [0.29, 0.717) is 18.3 Å². The van der Waals surface area contributed by atoms with E-state index >= 15 is 0 Å². The molecule has 172 valence electrons. The van der Waals surface area contributed by atoms with Gasteiger partial charge in [-0.05, 0) is 74.1 Å². The number of hydrogen-bond acceptors (Lipinski definition) is 8. The van der Waals surface area contributed by atoms with E-state index in [9.17, 15) is 10.1 Å². The van der Waals surface area contributed by atoms with Gasteiger partial charge in [-0.3, -0.25) is 4.79 Å². The maximum Gasteiger partial charge on any atom is 0.305 e. The van der Waals surface area contributed by atoms with Crippen LogP contribution in [0.2, 0.25) is 0 Å². The van der Waals surface area contributed by atoms with Crippen LogP contribution in [0.3, 0.4) is 0 Å². The normalized spacial score (nSPS) is 17.1. The van der Waals surface area contributed by atoms with Gasteiger partial charge in [-0.2, -0.15) is 25.7 Å². The van der Waals surface area contributed by atoms with E-state index < -0.39 is 5.54 Å². The lowest BCUT2D eigenvalue weighted by atomic mass is 9.99. The second-order valence-corrected chi connectivity index (χ2v) is 12.0. The fraction of sp³-hybridized carbons (Fsp3) is 0.909. The molecular weight excluding hydrogens is 398 g/mol. The third kappa shape index (κ3) is 14.5. The van der Waals surface area contributed by atoms with E-state index in [-0.39, 0.29) is 34.8 Å². The van der Waals surface area contributed by atoms with Crippen LogP contribution in [-0.4, -0.2) is 39.8 Å². The Morgan fingerprint density at radius 3 is 1.97 bits per heavy atom. The Balaban J connectivity index is 4.62. The number of thioether (sulfide) groups is 1. The molecule has 0 aliphatic rings. The van der Waals surface area contributed by atoms with Gasteiger partial charge in [0.15, 0.2) is 5.54 Å². The van der Waals surface area contributed by atoms with Crippen LogP contribution in [0.25, 0.3) is 0 Å². The van der Waals surface area contributed by atoms with Crippen molar-refractivity contribution < 1.29 is 9.53 Å². The van der Waals surface area contributed by atoms with E-state index in [2.05, 4.69) is 47.3 Å². The van der Waals surface area contributed by atoms with E-state index in [0.717, 1.165) is 6.42 Å². The third-order valence-corrected chi connectivity index (χ3v) is 4.98. The van der Waals surface area contributed by atoms with Gasteiger partial charge in [-0.15, -0.1) is 11.8 Å². The fourth-order valence-corrected chi connectivity index (χ4v) is 3.52. The number of esters is 1. The number of ether oxygens (including phenoxy) is 1. The second kappa shape index (κ2) is 11.8. The van der Waals surface area contributed by atoms with Crippen molar-refractivity contribution in [3.05, 3.63) is 0 Å². The first-order valence-electron chi connectivity index (χ1n) is 10.6. The highest BCUT2D eigenvalue weighted by molar-refractivity contribution is 8.00. The van der Waals surface area contributed by atoms with E-state index in [1.807, 2.05) is 41.5 Å². The molecule has 0 aromatic carbocycles. The Hall–Kier alpha value is -1.49. The molecule has 0 radical (unpaired) electrons. The molecule has 0 spiro atoms. The number of nitriles is 1. The molecule has 0 N–H and O–H groups in total. The molecule has 7 nitrogen and oxygen atoms in total. The van der Waals surface area contributed by atoms with Crippen molar-refractivity contribution in [2.24, 2.45) is 26.4 Å². The quantitative estimate of drug-likeness (QED) is 0.206. The van der Waals surface area contributed by atoms with Crippen molar-refractivity contribution in [3.8, 4) is 6.07 Å². The summed E-state index contributed by atoms with van der Waals surface area (Å²) in [4.78, 5) is 11.8. The first-order valence-corrected chi connectivity index (χ1v) is 11.6. The Morgan fingerprint density at radius 2 is 1.50 bits per heavy atom. The molecule has 0 saturated heterocycles. The molecule has 8 heteroatoms. The average Bonchev–Trinajstić information content (AvgIpc) is 2.59. The van der Waals surface area contributed by atoms with E-state index in [1.54, 1.807) is 18.7 Å². The maximum atomic E-state index is 12.1. The van der Waals surface area contributed by atoms with Gasteiger partial charge in [0, 0.05) is 12.2 Å². The zero-order chi connectivity index (χ0) is 23.6. The van der Waals surface area contributed by atoms with Gasteiger partial charge in [0.05, 0.1) is 17.1 Å². The topological polar surface area (TPSA) is 99.5 Å². The highest BCUT2D eigenvalue weighted by Gasteiger charge is 2.28. The van der Waals surface area contributed by atoms with Gasteiger partial charge in [-0.1, -0.05) is 13.8 Å². The number of hydrogen-bond donors (Lipinski definition) is 0. The summed E-state index contributed by atoms with van der Waals surface area (Å²) >= 11 is 1.65. The predicted molar refractivity (Wildman–Crippen MR) is 124 cm³/mol. The number of rotatable bonds is 11. The van der Waals surface area contributed by atoms with Crippen LogP contribution in [0, 0.1) is 17.2 Å². The molecule has 30 heavy (non-hydrogen) atoms. The minimum atomic E-state index is -1.02. The second-order valence-electron chi connectivity index (χ2n) is 10.5. The molecule has 2 unspecified atom stereocenters. The number of azo groups is 2. The molecular formula is C22H41N5O2S. The zero-order valence-electron chi connectivity index (χ0n) is 20.6. The predicted octanol–water partition coefficient (Wildman–Crippen LogP) is 6.59. The van der Waals surface area contributed by atoms with Crippen LogP contribution in [0.1, 0.15) is 88.5 Å². The van der Waals surface area contributed by atoms with Crippen LogP contribution >= 0.6 is 11.8 Å². The number of carbonyl (C=O) groups excluding carboxylic acids is 1. The van der Waals surface area contributed by atoms with Crippen LogP contribution < -0.4 is 0 Å². The molecule has 0 saturated carbocycles. The summed E-state index contributed by atoms with van der Waals surface area (Å²) in [5.74, 6) is 0.789. The van der Waals surface area contributed by atoms with Crippen molar-refractivity contribution in [1.82, 2.24) is 0 Å². The summed E-state index contributed by atoms with van der Waals surface area (Å²) in [6, 6.07) is 2.14. The van der Waals surface area contributed by atoms with E-state index in [4.69, 9.17) is 4.74 Å². The molecule has 0 rings (SSSR count). The van der Waals surface area contributed by atoms with Gasteiger partial charge in [-0.25, -0.2) is 0 Å². The first kappa shape index (κ1) is 28.5.